The maximum absolute atomic E-state index is 7.75. The van der Waals surface area contributed by atoms with Gasteiger partial charge in [0.05, 0.1) is 0 Å². The molecule has 0 saturated carbocycles. The quantitative estimate of drug-likeness (QED) is 0.292. The third-order valence-corrected chi connectivity index (χ3v) is 6.07. The third-order valence-electron chi connectivity index (χ3n) is 6.07. The van der Waals surface area contributed by atoms with Crippen LogP contribution in [0.25, 0.3) is 22.3 Å². The van der Waals surface area contributed by atoms with Crippen LogP contribution < -0.4 is 5.73 Å². The smallest absolute Gasteiger partial charge is 0.249 e. The van der Waals surface area contributed by atoms with Gasteiger partial charge in [-0.1, -0.05) is 56.3 Å². The van der Waals surface area contributed by atoms with Gasteiger partial charge in [0.15, 0.2) is 5.96 Å². The van der Waals surface area contributed by atoms with E-state index in [1.165, 1.54) is 49.4 Å². The molecular weight excluding hydrogens is 376 g/mol. The van der Waals surface area contributed by atoms with E-state index in [2.05, 4.69) is 46.0 Å². The van der Waals surface area contributed by atoms with Gasteiger partial charge in [-0.3, -0.25) is 5.41 Å². The molecule has 3 heterocycles. The summed E-state index contributed by atoms with van der Waals surface area (Å²) in [7, 11) is 0. The maximum Gasteiger partial charge on any atom is 0.249 e. The van der Waals surface area contributed by atoms with Gasteiger partial charge < -0.3 is 19.7 Å². The van der Waals surface area contributed by atoms with Crippen molar-refractivity contribution in [1.29, 1.82) is 5.41 Å². The fourth-order valence-electron chi connectivity index (χ4n) is 4.38. The average molecular weight is 409 g/mol. The highest BCUT2D eigenvalue weighted by atomic mass is 16.5. The van der Waals surface area contributed by atoms with E-state index in [-0.39, 0.29) is 12.0 Å². The summed E-state index contributed by atoms with van der Waals surface area (Å²) in [5.41, 5.74) is 7.86. The Labute approximate surface area is 177 Å². The van der Waals surface area contributed by atoms with Crippen LogP contribution in [0, 0.1) is 5.41 Å². The number of unbranched alkanes of at least 4 members (excludes halogenated alkanes) is 5. The Kier molecular flexibility index (Phi) is 6.35. The van der Waals surface area contributed by atoms with Crippen LogP contribution in [0.3, 0.4) is 0 Å². The standard InChI is InChI=1S/C23H32N6O/c1-2-3-4-5-6-7-13-28-15-12-17-10-11-18(16-20(17)28)21-26-22(30-27-21)19-9-8-14-29(19)23(24)25/h10-12,15-16,19H,2-9,13-14H2,1H3,(H3,24,25)/t19-/m0/s1. The normalized spacial score (nSPS) is 16.6. The summed E-state index contributed by atoms with van der Waals surface area (Å²) < 4.78 is 7.88. The first-order valence-corrected chi connectivity index (χ1v) is 11.2. The molecule has 0 amide bonds. The number of hydrogen-bond donors (Lipinski definition) is 2. The molecule has 4 rings (SSSR count). The molecule has 0 spiro atoms. The molecule has 0 aliphatic carbocycles. The highest BCUT2D eigenvalue weighted by Gasteiger charge is 2.31. The number of nitrogens with one attached hydrogen (secondary N) is 1. The van der Waals surface area contributed by atoms with Gasteiger partial charge in [0.2, 0.25) is 11.7 Å². The largest absolute Gasteiger partial charge is 0.370 e. The van der Waals surface area contributed by atoms with Crippen molar-refractivity contribution in [2.75, 3.05) is 6.54 Å². The molecule has 7 heteroatoms. The Hall–Kier alpha value is -2.83. The maximum atomic E-state index is 7.75. The Morgan fingerprint density at radius 2 is 2.03 bits per heavy atom. The molecule has 160 valence electrons. The zero-order valence-corrected chi connectivity index (χ0v) is 17.8. The molecule has 1 aromatic carbocycles. The Bertz CT molecular complexity index is 991. The average Bonchev–Trinajstić information content (AvgIpc) is 3.49. The number of fused-ring (bicyclic) bond motifs is 1. The molecule has 7 nitrogen and oxygen atoms in total. The molecule has 1 fully saturated rings. The van der Waals surface area contributed by atoms with Crippen molar-refractivity contribution in [3.05, 3.63) is 36.4 Å². The fourth-order valence-corrected chi connectivity index (χ4v) is 4.38. The van der Waals surface area contributed by atoms with E-state index >= 15 is 0 Å². The number of aryl methyl sites for hydroxylation is 1. The first kappa shape index (κ1) is 20.4. The summed E-state index contributed by atoms with van der Waals surface area (Å²) in [4.78, 5) is 6.46. The number of guanidine groups is 1. The summed E-state index contributed by atoms with van der Waals surface area (Å²) in [6, 6.07) is 8.39. The third kappa shape index (κ3) is 4.35. The molecule has 2 aromatic heterocycles. The minimum Gasteiger partial charge on any atom is -0.370 e. The summed E-state index contributed by atoms with van der Waals surface area (Å²) in [6.07, 6.45) is 11.8. The number of likely N-dealkylation sites (tertiary alicyclic amines) is 1. The molecule has 1 atom stereocenters. The van der Waals surface area contributed by atoms with Crippen molar-refractivity contribution in [3.63, 3.8) is 0 Å². The van der Waals surface area contributed by atoms with Gasteiger partial charge >= 0.3 is 0 Å². The van der Waals surface area contributed by atoms with Crippen LogP contribution in [-0.2, 0) is 6.54 Å². The highest BCUT2D eigenvalue weighted by molar-refractivity contribution is 5.84. The number of aromatic nitrogens is 3. The Morgan fingerprint density at radius 3 is 2.87 bits per heavy atom. The van der Waals surface area contributed by atoms with Gasteiger partial charge in [-0.15, -0.1) is 0 Å². The summed E-state index contributed by atoms with van der Waals surface area (Å²) in [6.45, 7) is 4.05. The lowest BCUT2D eigenvalue weighted by Gasteiger charge is -2.21. The predicted octanol–water partition coefficient (Wildman–Crippen LogP) is 5.08. The number of nitrogens with zero attached hydrogens (tertiary/aromatic N) is 4. The van der Waals surface area contributed by atoms with Crippen molar-refractivity contribution in [2.45, 2.75) is 70.9 Å². The Balaban J connectivity index is 1.47. The minimum atomic E-state index is -0.0935. The zero-order valence-electron chi connectivity index (χ0n) is 17.8. The van der Waals surface area contributed by atoms with Crippen molar-refractivity contribution >= 4 is 16.9 Å². The lowest BCUT2D eigenvalue weighted by atomic mass is 10.1. The van der Waals surface area contributed by atoms with Crippen LogP contribution in [0.4, 0.5) is 0 Å². The number of hydrogen-bond acceptors (Lipinski definition) is 4. The van der Waals surface area contributed by atoms with E-state index in [1.807, 2.05) is 11.0 Å². The van der Waals surface area contributed by atoms with Crippen LogP contribution in [0.15, 0.2) is 35.0 Å². The second-order valence-electron chi connectivity index (χ2n) is 8.24. The molecule has 30 heavy (non-hydrogen) atoms. The topological polar surface area (TPSA) is 97.0 Å². The highest BCUT2D eigenvalue weighted by Crippen LogP contribution is 2.32. The second-order valence-corrected chi connectivity index (χ2v) is 8.24. The van der Waals surface area contributed by atoms with Gasteiger partial charge in [0.1, 0.15) is 6.04 Å². The van der Waals surface area contributed by atoms with E-state index in [1.54, 1.807) is 0 Å². The van der Waals surface area contributed by atoms with E-state index in [0.717, 1.165) is 31.5 Å². The molecule has 3 aromatic rings. The van der Waals surface area contributed by atoms with Gasteiger partial charge in [-0.2, -0.15) is 4.98 Å². The molecular formula is C23H32N6O. The van der Waals surface area contributed by atoms with Gasteiger partial charge in [-0.25, -0.2) is 0 Å². The van der Waals surface area contributed by atoms with Crippen molar-refractivity contribution in [1.82, 2.24) is 19.6 Å². The van der Waals surface area contributed by atoms with Gasteiger partial charge in [0.25, 0.3) is 0 Å². The van der Waals surface area contributed by atoms with Crippen LogP contribution in [0.2, 0.25) is 0 Å². The summed E-state index contributed by atoms with van der Waals surface area (Å²) in [5.74, 6) is 1.20. The fraction of sp³-hybridized carbons (Fsp3) is 0.522. The summed E-state index contributed by atoms with van der Waals surface area (Å²) >= 11 is 0. The first-order chi connectivity index (χ1) is 14.7. The van der Waals surface area contributed by atoms with Gasteiger partial charge in [-0.05, 0) is 36.8 Å². The van der Waals surface area contributed by atoms with Gasteiger partial charge in [0, 0.05) is 30.4 Å². The van der Waals surface area contributed by atoms with Crippen LogP contribution in [-0.4, -0.2) is 32.1 Å². The second kappa shape index (κ2) is 9.32. The molecule has 0 radical (unpaired) electrons. The molecule has 0 bridgehead atoms. The molecule has 1 saturated heterocycles. The summed E-state index contributed by atoms with van der Waals surface area (Å²) in [5, 5.41) is 13.2. The molecule has 1 aliphatic rings. The SMILES string of the molecule is CCCCCCCCn1ccc2ccc(-c3noc([C@@H]4CCCN4C(=N)N)n3)cc21. The monoisotopic (exact) mass is 408 g/mol. The van der Waals surface area contributed by atoms with Crippen LogP contribution >= 0.6 is 0 Å². The minimum absolute atomic E-state index is 0.0613. The van der Waals surface area contributed by atoms with Crippen molar-refractivity contribution in [2.24, 2.45) is 5.73 Å². The van der Waals surface area contributed by atoms with Crippen LogP contribution in [0.5, 0.6) is 0 Å². The van der Waals surface area contributed by atoms with Crippen LogP contribution in [0.1, 0.15) is 70.2 Å². The van der Waals surface area contributed by atoms with E-state index in [9.17, 15) is 0 Å². The van der Waals surface area contributed by atoms with E-state index in [4.69, 9.17) is 15.7 Å². The number of nitrogens with two attached hydrogens (primary N) is 1. The molecule has 3 N–H and O–H groups in total. The number of rotatable bonds is 9. The molecule has 1 aliphatic heterocycles. The van der Waals surface area contributed by atoms with Crippen molar-refractivity contribution < 1.29 is 4.52 Å². The lowest BCUT2D eigenvalue weighted by molar-refractivity contribution is 0.283. The predicted molar refractivity (Wildman–Crippen MR) is 119 cm³/mol. The number of benzene rings is 1. The molecule has 0 unspecified atom stereocenters. The van der Waals surface area contributed by atoms with E-state index in [0.29, 0.717) is 11.7 Å². The first-order valence-electron chi connectivity index (χ1n) is 11.2. The lowest BCUT2D eigenvalue weighted by Crippen LogP contribution is -2.35. The van der Waals surface area contributed by atoms with Crippen molar-refractivity contribution in [3.8, 4) is 11.4 Å². The van der Waals surface area contributed by atoms with E-state index < -0.39 is 0 Å². The zero-order chi connectivity index (χ0) is 20.9. The Morgan fingerprint density at radius 1 is 1.20 bits per heavy atom.